The third-order valence-corrected chi connectivity index (χ3v) is 3.51. The van der Waals surface area contributed by atoms with Crippen LogP contribution >= 0.6 is 0 Å². The summed E-state index contributed by atoms with van der Waals surface area (Å²) in [5.41, 5.74) is 1.70. The van der Waals surface area contributed by atoms with Crippen LogP contribution in [-0.4, -0.2) is 33.8 Å². The summed E-state index contributed by atoms with van der Waals surface area (Å²) in [6.07, 6.45) is 3.16. The predicted molar refractivity (Wildman–Crippen MR) is 101 cm³/mol. The quantitative estimate of drug-likeness (QED) is 0.642. The van der Waals surface area contributed by atoms with Crippen LogP contribution in [0.3, 0.4) is 0 Å². The monoisotopic (exact) mass is 351 g/mol. The van der Waals surface area contributed by atoms with Crippen molar-refractivity contribution in [3.05, 3.63) is 59.7 Å². The van der Waals surface area contributed by atoms with Crippen molar-refractivity contribution < 1.29 is 19.0 Å². The van der Waals surface area contributed by atoms with Gasteiger partial charge in [0, 0.05) is 11.6 Å². The van der Waals surface area contributed by atoms with Crippen LogP contribution in [-0.2, 0) is 4.79 Å². The molecule has 0 bridgehead atoms. The summed E-state index contributed by atoms with van der Waals surface area (Å²) < 4.78 is 15.5. The van der Waals surface area contributed by atoms with E-state index in [0.717, 1.165) is 16.9 Å². The number of ether oxygens (including phenoxy) is 3. The van der Waals surface area contributed by atoms with E-state index < -0.39 is 0 Å². The first-order valence-corrected chi connectivity index (χ1v) is 7.97. The number of nitrogens with one attached hydrogen (secondary N) is 1. The van der Waals surface area contributed by atoms with E-state index >= 15 is 0 Å². The lowest BCUT2D eigenvalue weighted by Gasteiger charge is -2.07. The van der Waals surface area contributed by atoms with Crippen LogP contribution in [0.25, 0.3) is 6.08 Å². The average Bonchev–Trinajstić information content (AvgIpc) is 2.69. The summed E-state index contributed by atoms with van der Waals surface area (Å²) in [7, 11) is 4.76. The van der Waals surface area contributed by atoms with E-state index in [1.54, 1.807) is 39.5 Å². The third-order valence-electron chi connectivity index (χ3n) is 3.51. The Kier molecular flexibility index (Phi) is 7.14. The van der Waals surface area contributed by atoms with Gasteiger partial charge < -0.3 is 19.5 Å². The van der Waals surface area contributed by atoms with Crippen molar-refractivity contribution in [3.8, 4) is 29.1 Å². The highest BCUT2D eigenvalue weighted by molar-refractivity contribution is 5.91. The molecule has 0 aromatic heterocycles. The Morgan fingerprint density at radius 3 is 2.38 bits per heavy atom. The minimum Gasteiger partial charge on any atom is -0.497 e. The number of hydrogen-bond donors (Lipinski definition) is 1. The summed E-state index contributed by atoms with van der Waals surface area (Å²) in [6, 6.07) is 12.8. The number of carbonyl (C=O) groups is 1. The van der Waals surface area contributed by atoms with E-state index in [1.807, 2.05) is 30.3 Å². The van der Waals surface area contributed by atoms with Gasteiger partial charge in [-0.3, -0.25) is 4.79 Å². The predicted octanol–water partition coefficient (Wildman–Crippen LogP) is 2.89. The van der Waals surface area contributed by atoms with Gasteiger partial charge in [-0.25, -0.2) is 0 Å². The molecule has 0 aliphatic heterocycles. The van der Waals surface area contributed by atoms with Crippen molar-refractivity contribution in [2.45, 2.75) is 0 Å². The molecule has 2 rings (SSSR count). The lowest BCUT2D eigenvalue weighted by atomic mass is 10.2. The van der Waals surface area contributed by atoms with Gasteiger partial charge in [-0.05, 0) is 48.0 Å². The number of amides is 1. The van der Waals surface area contributed by atoms with Crippen LogP contribution < -0.4 is 19.5 Å². The molecule has 0 heterocycles. The Morgan fingerprint density at radius 2 is 1.73 bits per heavy atom. The third kappa shape index (κ3) is 5.60. The number of benzene rings is 2. The van der Waals surface area contributed by atoms with Gasteiger partial charge in [0.1, 0.15) is 5.75 Å². The molecular formula is C21H21NO4. The van der Waals surface area contributed by atoms with Gasteiger partial charge in [-0.1, -0.05) is 17.9 Å². The second-order valence-electron chi connectivity index (χ2n) is 5.20. The van der Waals surface area contributed by atoms with Gasteiger partial charge in [0.05, 0.1) is 27.9 Å². The van der Waals surface area contributed by atoms with Crippen molar-refractivity contribution >= 4 is 12.0 Å². The zero-order chi connectivity index (χ0) is 18.8. The standard InChI is InChI=1S/C21H21NO4/c1-24-18-10-6-16(7-11-18)5-4-14-22-21(23)13-9-17-8-12-19(25-2)20(15-17)26-3/h6-13,15H,14H2,1-3H3,(H,22,23)/b13-9+. The van der Waals surface area contributed by atoms with E-state index in [2.05, 4.69) is 17.2 Å². The summed E-state index contributed by atoms with van der Waals surface area (Å²) in [4.78, 5) is 11.9. The topological polar surface area (TPSA) is 56.8 Å². The fourth-order valence-corrected chi connectivity index (χ4v) is 2.14. The molecule has 1 amide bonds. The fraction of sp³-hybridized carbons (Fsp3) is 0.190. The number of rotatable bonds is 6. The molecule has 134 valence electrons. The Morgan fingerprint density at radius 1 is 1.00 bits per heavy atom. The van der Waals surface area contributed by atoms with Crippen molar-refractivity contribution in [3.63, 3.8) is 0 Å². The zero-order valence-electron chi connectivity index (χ0n) is 15.0. The maximum Gasteiger partial charge on any atom is 0.244 e. The molecule has 5 heteroatoms. The zero-order valence-corrected chi connectivity index (χ0v) is 15.0. The summed E-state index contributed by atoms with van der Waals surface area (Å²) in [5, 5.41) is 2.72. The van der Waals surface area contributed by atoms with E-state index in [1.165, 1.54) is 6.08 Å². The smallest absolute Gasteiger partial charge is 0.244 e. The molecule has 0 aliphatic carbocycles. The first kappa shape index (κ1) is 18.9. The van der Waals surface area contributed by atoms with Crippen LogP contribution in [0, 0.1) is 11.8 Å². The Balaban J connectivity index is 1.87. The fourth-order valence-electron chi connectivity index (χ4n) is 2.14. The second-order valence-corrected chi connectivity index (χ2v) is 5.20. The van der Waals surface area contributed by atoms with Gasteiger partial charge in [0.25, 0.3) is 0 Å². The van der Waals surface area contributed by atoms with Crippen molar-refractivity contribution in [2.24, 2.45) is 0 Å². The van der Waals surface area contributed by atoms with Gasteiger partial charge in [0.2, 0.25) is 5.91 Å². The van der Waals surface area contributed by atoms with Gasteiger partial charge >= 0.3 is 0 Å². The number of carbonyl (C=O) groups excluding carboxylic acids is 1. The molecule has 0 radical (unpaired) electrons. The minimum absolute atomic E-state index is 0.219. The van der Waals surface area contributed by atoms with Gasteiger partial charge in [-0.2, -0.15) is 0 Å². The summed E-state index contributed by atoms with van der Waals surface area (Å²) >= 11 is 0. The average molecular weight is 351 g/mol. The Hall–Kier alpha value is -3.39. The largest absolute Gasteiger partial charge is 0.497 e. The molecule has 0 unspecified atom stereocenters. The SMILES string of the molecule is COc1ccc(C#CCNC(=O)/C=C/c2ccc(OC)c(OC)c2)cc1. The first-order valence-electron chi connectivity index (χ1n) is 7.97. The molecule has 0 saturated carbocycles. The van der Waals surface area contributed by atoms with Gasteiger partial charge in [-0.15, -0.1) is 0 Å². The highest BCUT2D eigenvalue weighted by atomic mass is 16.5. The molecule has 26 heavy (non-hydrogen) atoms. The highest BCUT2D eigenvalue weighted by Crippen LogP contribution is 2.27. The molecule has 0 aliphatic rings. The highest BCUT2D eigenvalue weighted by Gasteiger charge is 2.03. The number of methoxy groups -OCH3 is 3. The maximum atomic E-state index is 11.9. The first-order chi connectivity index (χ1) is 12.7. The Labute approximate surface area is 153 Å². The van der Waals surface area contributed by atoms with Gasteiger partial charge in [0.15, 0.2) is 11.5 Å². The summed E-state index contributed by atoms with van der Waals surface area (Å²) in [5.74, 6) is 7.70. The molecule has 5 nitrogen and oxygen atoms in total. The maximum absolute atomic E-state index is 11.9. The minimum atomic E-state index is -0.219. The lowest BCUT2D eigenvalue weighted by molar-refractivity contribution is -0.116. The number of hydrogen-bond acceptors (Lipinski definition) is 4. The van der Waals surface area contributed by atoms with Crippen LogP contribution in [0.5, 0.6) is 17.2 Å². The van der Waals surface area contributed by atoms with Crippen LogP contribution in [0.4, 0.5) is 0 Å². The Bertz CT molecular complexity index is 829. The van der Waals surface area contributed by atoms with E-state index in [0.29, 0.717) is 11.5 Å². The van der Waals surface area contributed by atoms with E-state index in [9.17, 15) is 4.79 Å². The molecule has 0 saturated heterocycles. The van der Waals surface area contributed by atoms with Crippen LogP contribution in [0.15, 0.2) is 48.5 Å². The molecule has 1 N–H and O–H groups in total. The molecule has 0 spiro atoms. The molecule has 2 aromatic rings. The molecule has 0 atom stereocenters. The normalized spacial score (nSPS) is 9.96. The van der Waals surface area contributed by atoms with Crippen LogP contribution in [0.1, 0.15) is 11.1 Å². The molecule has 2 aromatic carbocycles. The van der Waals surface area contributed by atoms with Crippen LogP contribution in [0.2, 0.25) is 0 Å². The molecule has 0 fully saturated rings. The van der Waals surface area contributed by atoms with Crippen molar-refractivity contribution in [1.29, 1.82) is 0 Å². The van der Waals surface area contributed by atoms with E-state index in [4.69, 9.17) is 14.2 Å². The van der Waals surface area contributed by atoms with Crippen molar-refractivity contribution in [2.75, 3.05) is 27.9 Å². The lowest BCUT2D eigenvalue weighted by Crippen LogP contribution is -2.20. The molecular weight excluding hydrogens is 330 g/mol. The second kappa shape index (κ2) is 9.80. The van der Waals surface area contributed by atoms with Crippen molar-refractivity contribution in [1.82, 2.24) is 5.32 Å². The van der Waals surface area contributed by atoms with E-state index in [-0.39, 0.29) is 12.5 Å². The summed E-state index contributed by atoms with van der Waals surface area (Å²) in [6.45, 7) is 0.265.